The Bertz CT molecular complexity index is 191. The Morgan fingerprint density at radius 1 is 1.33 bits per heavy atom. The van der Waals surface area contributed by atoms with Crippen LogP contribution >= 0.6 is 0 Å². The molecule has 0 aromatic heterocycles. The molecule has 1 rings (SSSR count). The quantitative estimate of drug-likeness (QED) is 0.776. The fourth-order valence-corrected chi connectivity index (χ4v) is 2.82. The van der Waals surface area contributed by atoms with E-state index in [1.807, 2.05) is 0 Å². The van der Waals surface area contributed by atoms with Crippen molar-refractivity contribution in [1.82, 2.24) is 4.90 Å². The Morgan fingerprint density at radius 3 is 2.53 bits per heavy atom. The van der Waals surface area contributed by atoms with E-state index in [-0.39, 0.29) is 11.5 Å². The van der Waals surface area contributed by atoms with Gasteiger partial charge in [0.1, 0.15) is 0 Å². The molecule has 2 unspecified atom stereocenters. The molecule has 2 nitrogen and oxygen atoms in total. The third kappa shape index (κ3) is 2.94. The number of aliphatic hydroxyl groups excluding tert-OH is 1. The van der Waals surface area contributed by atoms with Gasteiger partial charge in [-0.05, 0) is 37.8 Å². The summed E-state index contributed by atoms with van der Waals surface area (Å²) in [5, 5.41) is 10.4. The Kier molecular flexibility index (Phi) is 4.60. The van der Waals surface area contributed by atoms with Gasteiger partial charge in [-0.25, -0.2) is 0 Å². The minimum absolute atomic E-state index is 0.101. The standard InChI is InChI=1S/C13H27NO/c1-5-10-14(6-2)11-8-7-9-13(3,4)12(11)15/h11-12,15H,5-10H2,1-4H3. The highest BCUT2D eigenvalue weighted by Gasteiger charge is 2.39. The van der Waals surface area contributed by atoms with Crippen molar-refractivity contribution in [2.45, 2.75) is 65.5 Å². The van der Waals surface area contributed by atoms with Gasteiger partial charge in [0, 0.05) is 6.04 Å². The molecule has 0 aromatic carbocycles. The van der Waals surface area contributed by atoms with Crippen LogP contribution in [0.5, 0.6) is 0 Å². The molecule has 2 atom stereocenters. The zero-order chi connectivity index (χ0) is 11.5. The third-order valence-electron chi connectivity index (χ3n) is 3.87. The summed E-state index contributed by atoms with van der Waals surface area (Å²) in [6, 6.07) is 0.388. The summed E-state index contributed by atoms with van der Waals surface area (Å²) in [5.74, 6) is 0. The number of nitrogens with zero attached hydrogens (tertiary/aromatic N) is 1. The van der Waals surface area contributed by atoms with E-state index < -0.39 is 0 Å². The average molecular weight is 213 g/mol. The van der Waals surface area contributed by atoms with Crippen LogP contribution in [0.25, 0.3) is 0 Å². The maximum atomic E-state index is 10.4. The van der Waals surface area contributed by atoms with Crippen LogP contribution < -0.4 is 0 Å². The van der Waals surface area contributed by atoms with Crippen molar-refractivity contribution in [1.29, 1.82) is 0 Å². The molecule has 0 heterocycles. The molecule has 1 N–H and O–H groups in total. The average Bonchev–Trinajstić information content (AvgIpc) is 2.19. The summed E-state index contributed by atoms with van der Waals surface area (Å²) < 4.78 is 0. The molecule has 0 bridgehead atoms. The first kappa shape index (κ1) is 13.0. The predicted molar refractivity (Wildman–Crippen MR) is 65.0 cm³/mol. The largest absolute Gasteiger partial charge is 0.391 e. The summed E-state index contributed by atoms with van der Waals surface area (Å²) >= 11 is 0. The molecule has 90 valence electrons. The van der Waals surface area contributed by atoms with Gasteiger partial charge in [0.15, 0.2) is 0 Å². The fraction of sp³-hybridized carbons (Fsp3) is 1.00. The zero-order valence-electron chi connectivity index (χ0n) is 10.8. The molecule has 0 amide bonds. The Labute approximate surface area is 94.7 Å². The van der Waals surface area contributed by atoms with Gasteiger partial charge in [-0.2, -0.15) is 0 Å². The first-order chi connectivity index (χ1) is 7.03. The van der Waals surface area contributed by atoms with Crippen molar-refractivity contribution < 1.29 is 5.11 Å². The number of aliphatic hydroxyl groups is 1. The lowest BCUT2D eigenvalue weighted by atomic mass is 9.72. The van der Waals surface area contributed by atoms with Crippen LogP contribution in [-0.2, 0) is 0 Å². The summed E-state index contributed by atoms with van der Waals surface area (Å²) in [6.07, 6.45) is 4.61. The SMILES string of the molecule is CCCN(CC)C1CCCC(C)(C)C1O. The predicted octanol–water partition coefficient (Wildman–Crippen LogP) is 2.66. The normalized spacial score (nSPS) is 30.8. The third-order valence-corrected chi connectivity index (χ3v) is 3.87. The highest BCUT2D eigenvalue weighted by molar-refractivity contribution is 4.93. The Hall–Kier alpha value is -0.0800. The van der Waals surface area contributed by atoms with Crippen LogP contribution in [-0.4, -0.2) is 35.2 Å². The van der Waals surface area contributed by atoms with Gasteiger partial charge in [-0.15, -0.1) is 0 Å². The van der Waals surface area contributed by atoms with E-state index in [1.54, 1.807) is 0 Å². The summed E-state index contributed by atoms with van der Waals surface area (Å²) in [6.45, 7) is 11.0. The van der Waals surface area contributed by atoms with Gasteiger partial charge in [0.2, 0.25) is 0 Å². The lowest BCUT2D eigenvalue weighted by Gasteiger charge is -2.45. The minimum atomic E-state index is -0.155. The molecule has 0 spiro atoms. The summed E-state index contributed by atoms with van der Waals surface area (Å²) in [7, 11) is 0. The maximum absolute atomic E-state index is 10.4. The second-order valence-electron chi connectivity index (χ2n) is 5.52. The molecule has 15 heavy (non-hydrogen) atoms. The lowest BCUT2D eigenvalue weighted by molar-refractivity contribution is -0.0559. The van der Waals surface area contributed by atoms with Crippen molar-refractivity contribution >= 4 is 0 Å². The van der Waals surface area contributed by atoms with Crippen LogP contribution in [0.3, 0.4) is 0 Å². The molecule has 0 aliphatic heterocycles. The minimum Gasteiger partial charge on any atom is -0.391 e. The molecule has 0 radical (unpaired) electrons. The number of likely N-dealkylation sites (N-methyl/N-ethyl adjacent to an activating group) is 1. The fourth-order valence-electron chi connectivity index (χ4n) is 2.82. The summed E-state index contributed by atoms with van der Waals surface area (Å²) in [4.78, 5) is 2.45. The zero-order valence-corrected chi connectivity index (χ0v) is 10.8. The van der Waals surface area contributed by atoms with E-state index >= 15 is 0 Å². The van der Waals surface area contributed by atoms with Gasteiger partial charge in [-0.3, -0.25) is 4.90 Å². The van der Waals surface area contributed by atoms with Gasteiger partial charge in [-0.1, -0.05) is 34.1 Å². The number of rotatable bonds is 4. The van der Waals surface area contributed by atoms with Gasteiger partial charge < -0.3 is 5.11 Å². The van der Waals surface area contributed by atoms with E-state index in [9.17, 15) is 5.11 Å². The monoisotopic (exact) mass is 213 g/mol. The van der Waals surface area contributed by atoms with Gasteiger partial charge >= 0.3 is 0 Å². The highest BCUT2D eigenvalue weighted by atomic mass is 16.3. The second kappa shape index (κ2) is 5.31. The van der Waals surface area contributed by atoms with E-state index in [0.717, 1.165) is 19.5 Å². The van der Waals surface area contributed by atoms with Crippen LogP contribution in [0.15, 0.2) is 0 Å². The highest BCUT2D eigenvalue weighted by Crippen LogP contribution is 2.37. The molecular formula is C13H27NO. The lowest BCUT2D eigenvalue weighted by Crippen LogP contribution is -2.52. The van der Waals surface area contributed by atoms with Crippen molar-refractivity contribution in [3.05, 3.63) is 0 Å². The van der Waals surface area contributed by atoms with Crippen LogP contribution in [0.2, 0.25) is 0 Å². The van der Waals surface area contributed by atoms with Crippen LogP contribution in [0.1, 0.15) is 53.4 Å². The van der Waals surface area contributed by atoms with E-state index in [1.165, 1.54) is 19.3 Å². The Morgan fingerprint density at radius 2 is 2.00 bits per heavy atom. The number of hydrogen-bond acceptors (Lipinski definition) is 2. The van der Waals surface area contributed by atoms with E-state index in [2.05, 4.69) is 32.6 Å². The molecule has 1 saturated carbocycles. The van der Waals surface area contributed by atoms with Crippen molar-refractivity contribution in [2.24, 2.45) is 5.41 Å². The smallest absolute Gasteiger partial charge is 0.0746 e. The van der Waals surface area contributed by atoms with Gasteiger partial charge in [0.05, 0.1) is 6.10 Å². The Balaban J connectivity index is 2.66. The molecule has 1 aliphatic carbocycles. The van der Waals surface area contributed by atoms with Crippen molar-refractivity contribution in [3.8, 4) is 0 Å². The van der Waals surface area contributed by atoms with Crippen molar-refractivity contribution in [3.63, 3.8) is 0 Å². The van der Waals surface area contributed by atoms with Gasteiger partial charge in [0.25, 0.3) is 0 Å². The van der Waals surface area contributed by atoms with E-state index in [4.69, 9.17) is 0 Å². The van der Waals surface area contributed by atoms with Crippen LogP contribution in [0, 0.1) is 5.41 Å². The molecular weight excluding hydrogens is 186 g/mol. The molecule has 2 heteroatoms. The van der Waals surface area contributed by atoms with E-state index in [0.29, 0.717) is 6.04 Å². The van der Waals surface area contributed by atoms with Crippen molar-refractivity contribution in [2.75, 3.05) is 13.1 Å². The molecule has 0 saturated heterocycles. The first-order valence-corrected chi connectivity index (χ1v) is 6.45. The second-order valence-corrected chi connectivity index (χ2v) is 5.52. The van der Waals surface area contributed by atoms with Crippen LogP contribution in [0.4, 0.5) is 0 Å². The molecule has 1 fully saturated rings. The summed E-state index contributed by atoms with van der Waals surface area (Å²) in [5.41, 5.74) is 0.101. The molecule has 0 aromatic rings. The molecule has 1 aliphatic rings. The first-order valence-electron chi connectivity index (χ1n) is 6.45. The topological polar surface area (TPSA) is 23.5 Å². The maximum Gasteiger partial charge on any atom is 0.0746 e. The number of hydrogen-bond donors (Lipinski definition) is 1.